The van der Waals surface area contributed by atoms with Crippen LogP contribution < -0.4 is 0 Å². The van der Waals surface area contributed by atoms with Crippen molar-refractivity contribution in [1.29, 1.82) is 0 Å². The van der Waals surface area contributed by atoms with E-state index in [1.807, 2.05) is 23.2 Å². The van der Waals surface area contributed by atoms with Crippen LogP contribution in [0.3, 0.4) is 0 Å². The number of hydrogen-bond donors (Lipinski definition) is 0. The first kappa shape index (κ1) is 15.3. The molecule has 0 saturated carbocycles. The van der Waals surface area contributed by atoms with Crippen LogP contribution in [-0.4, -0.2) is 40.3 Å². The van der Waals surface area contributed by atoms with Gasteiger partial charge in [0.15, 0.2) is 0 Å². The molecule has 0 bridgehead atoms. The van der Waals surface area contributed by atoms with Gasteiger partial charge < -0.3 is 4.90 Å². The van der Waals surface area contributed by atoms with Crippen molar-refractivity contribution in [2.45, 2.75) is 31.8 Å². The second-order valence-electron chi connectivity index (χ2n) is 6.71. The Bertz CT molecular complexity index is 710. The van der Waals surface area contributed by atoms with Gasteiger partial charge in [0, 0.05) is 25.5 Å². The molecule has 1 fully saturated rings. The highest BCUT2D eigenvalue weighted by molar-refractivity contribution is 5.83. The Morgan fingerprint density at radius 2 is 1.79 bits per heavy atom. The van der Waals surface area contributed by atoms with Crippen LogP contribution in [0.4, 0.5) is 0 Å². The van der Waals surface area contributed by atoms with Gasteiger partial charge in [0.1, 0.15) is 6.04 Å². The molecule has 0 spiro atoms. The predicted molar refractivity (Wildman–Crippen MR) is 93.3 cm³/mol. The summed E-state index contributed by atoms with van der Waals surface area (Å²) in [5.41, 5.74) is 3.67. The average molecular weight is 321 g/mol. The van der Waals surface area contributed by atoms with Crippen LogP contribution in [-0.2, 0) is 17.8 Å². The van der Waals surface area contributed by atoms with Crippen molar-refractivity contribution < 1.29 is 4.79 Å². The third-order valence-corrected chi connectivity index (χ3v) is 5.18. The number of fused-ring (bicyclic) bond motifs is 1. The first-order chi connectivity index (χ1) is 11.8. The van der Waals surface area contributed by atoms with Crippen LogP contribution >= 0.6 is 0 Å². The molecular formula is C20H23N3O. The number of carbonyl (C=O) groups excluding carboxylic acids is 1. The monoisotopic (exact) mass is 321 g/mol. The Balaban J connectivity index is 1.60. The molecule has 1 atom stereocenters. The van der Waals surface area contributed by atoms with Crippen LogP contribution in [0.25, 0.3) is 0 Å². The predicted octanol–water partition coefficient (Wildman–Crippen LogP) is 2.80. The highest BCUT2D eigenvalue weighted by Crippen LogP contribution is 2.29. The largest absolute Gasteiger partial charge is 0.336 e. The summed E-state index contributed by atoms with van der Waals surface area (Å²) in [4.78, 5) is 21.9. The summed E-state index contributed by atoms with van der Waals surface area (Å²) < 4.78 is 0. The van der Waals surface area contributed by atoms with Gasteiger partial charge in [0.25, 0.3) is 0 Å². The molecule has 0 N–H and O–H groups in total. The van der Waals surface area contributed by atoms with E-state index in [4.69, 9.17) is 0 Å². The second-order valence-corrected chi connectivity index (χ2v) is 6.71. The Morgan fingerprint density at radius 1 is 1.00 bits per heavy atom. The molecule has 4 rings (SSSR count). The van der Waals surface area contributed by atoms with Gasteiger partial charge in [-0.1, -0.05) is 30.3 Å². The normalized spacial score (nSPS) is 19.1. The van der Waals surface area contributed by atoms with Crippen molar-refractivity contribution in [1.82, 2.24) is 14.8 Å². The maximum atomic E-state index is 13.4. The molecule has 1 saturated heterocycles. The van der Waals surface area contributed by atoms with Crippen molar-refractivity contribution >= 4 is 5.91 Å². The van der Waals surface area contributed by atoms with E-state index >= 15 is 0 Å². The molecule has 0 aliphatic carbocycles. The molecule has 1 aromatic heterocycles. The van der Waals surface area contributed by atoms with Gasteiger partial charge >= 0.3 is 0 Å². The summed E-state index contributed by atoms with van der Waals surface area (Å²) in [6.07, 6.45) is 6.91. The molecule has 2 aliphatic heterocycles. The molecule has 1 aromatic carbocycles. The summed E-state index contributed by atoms with van der Waals surface area (Å²) in [6.45, 7) is 3.52. The van der Waals surface area contributed by atoms with Crippen LogP contribution in [0.1, 0.15) is 35.6 Å². The molecule has 1 amide bonds. The number of nitrogens with zero attached hydrogens (tertiary/aromatic N) is 3. The van der Waals surface area contributed by atoms with Gasteiger partial charge in [-0.3, -0.25) is 14.7 Å². The molecule has 2 aromatic rings. The number of rotatable bonds is 3. The summed E-state index contributed by atoms with van der Waals surface area (Å²) >= 11 is 0. The first-order valence-electron chi connectivity index (χ1n) is 8.82. The van der Waals surface area contributed by atoms with Gasteiger partial charge in [-0.05, 0) is 55.1 Å². The highest BCUT2D eigenvalue weighted by atomic mass is 16.2. The van der Waals surface area contributed by atoms with E-state index in [1.165, 1.54) is 24.0 Å². The molecule has 2 aliphatic rings. The SMILES string of the molecule is O=C(C(c1cccnc1)N1CCCC1)N1CCc2ccccc2C1. The third kappa shape index (κ3) is 2.94. The lowest BCUT2D eigenvalue weighted by Gasteiger charge is -2.35. The van der Waals surface area contributed by atoms with Crippen molar-refractivity contribution in [3.8, 4) is 0 Å². The van der Waals surface area contributed by atoms with Crippen LogP contribution in [0.15, 0.2) is 48.8 Å². The maximum Gasteiger partial charge on any atom is 0.244 e. The number of aromatic nitrogens is 1. The average Bonchev–Trinajstić information content (AvgIpc) is 3.16. The third-order valence-electron chi connectivity index (χ3n) is 5.18. The smallest absolute Gasteiger partial charge is 0.244 e. The lowest BCUT2D eigenvalue weighted by molar-refractivity contribution is -0.138. The molecule has 4 nitrogen and oxygen atoms in total. The zero-order valence-corrected chi connectivity index (χ0v) is 13.9. The summed E-state index contributed by atoms with van der Waals surface area (Å²) in [5.74, 6) is 0.222. The van der Waals surface area contributed by atoms with Crippen molar-refractivity contribution in [3.05, 3.63) is 65.5 Å². The molecule has 1 unspecified atom stereocenters. The van der Waals surface area contributed by atoms with E-state index in [2.05, 4.69) is 34.1 Å². The lowest BCUT2D eigenvalue weighted by Crippen LogP contribution is -2.44. The maximum absolute atomic E-state index is 13.4. The molecule has 124 valence electrons. The Morgan fingerprint density at radius 3 is 2.54 bits per heavy atom. The summed E-state index contributed by atoms with van der Waals surface area (Å²) in [7, 11) is 0. The van der Waals surface area contributed by atoms with Crippen LogP contribution in [0.5, 0.6) is 0 Å². The van der Waals surface area contributed by atoms with Gasteiger partial charge in [-0.2, -0.15) is 0 Å². The fourth-order valence-electron chi connectivity index (χ4n) is 3.90. The highest BCUT2D eigenvalue weighted by Gasteiger charge is 2.34. The van der Waals surface area contributed by atoms with Gasteiger partial charge in [0.2, 0.25) is 5.91 Å². The lowest BCUT2D eigenvalue weighted by atomic mass is 9.98. The van der Waals surface area contributed by atoms with Gasteiger partial charge in [-0.15, -0.1) is 0 Å². The molecular weight excluding hydrogens is 298 g/mol. The van der Waals surface area contributed by atoms with Crippen molar-refractivity contribution in [3.63, 3.8) is 0 Å². The minimum Gasteiger partial charge on any atom is -0.336 e. The van der Waals surface area contributed by atoms with Crippen molar-refractivity contribution in [2.75, 3.05) is 19.6 Å². The molecule has 4 heteroatoms. The van der Waals surface area contributed by atoms with Gasteiger partial charge in [0.05, 0.1) is 0 Å². The first-order valence-corrected chi connectivity index (χ1v) is 8.82. The van der Waals surface area contributed by atoms with Crippen molar-refractivity contribution in [2.24, 2.45) is 0 Å². The second kappa shape index (κ2) is 6.73. The van der Waals surface area contributed by atoms with Crippen LogP contribution in [0, 0.1) is 0 Å². The molecule has 24 heavy (non-hydrogen) atoms. The zero-order valence-electron chi connectivity index (χ0n) is 13.9. The topological polar surface area (TPSA) is 36.4 Å². The number of likely N-dealkylation sites (tertiary alicyclic amines) is 1. The number of pyridine rings is 1. The van der Waals surface area contributed by atoms with E-state index in [-0.39, 0.29) is 11.9 Å². The number of hydrogen-bond acceptors (Lipinski definition) is 3. The number of benzene rings is 1. The Kier molecular flexibility index (Phi) is 4.30. The Hall–Kier alpha value is -2.20. The standard InChI is InChI=1S/C20H23N3O/c24-20(23-13-9-16-6-1-2-7-18(16)15-23)19(22-11-3-4-12-22)17-8-5-10-21-14-17/h1-2,5-8,10,14,19H,3-4,9,11-13,15H2. The minimum atomic E-state index is -0.188. The zero-order chi connectivity index (χ0) is 16.4. The molecule has 0 radical (unpaired) electrons. The quantitative estimate of drug-likeness (QED) is 0.872. The molecule has 3 heterocycles. The van der Waals surface area contributed by atoms with E-state index in [0.717, 1.165) is 38.2 Å². The van der Waals surface area contributed by atoms with E-state index < -0.39 is 0 Å². The minimum absolute atomic E-state index is 0.188. The summed E-state index contributed by atoms with van der Waals surface area (Å²) in [5, 5.41) is 0. The van der Waals surface area contributed by atoms with E-state index in [0.29, 0.717) is 0 Å². The van der Waals surface area contributed by atoms with E-state index in [9.17, 15) is 4.79 Å². The number of amides is 1. The van der Waals surface area contributed by atoms with Crippen LogP contribution in [0.2, 0.25) is 0 Å². The summed E-state index contributed by atoms with van der Waals surface area (Å²) in [6, 6.07) is 12.2. The van der Waals surface area contributed by atoms with E-state index in [1.54, 1.807) is 6.20 Å². The fraction of sp³-hybridized carbons (Fsp3) is 0.400. The number of carbonyl (C=O) groups is 1. The van der Waals surface area contributed by atoms with Gasteiger partial charge in [-0.25, -0.2) is 0 Å². The fourth-order valence-corrected chi connectivity index (χ4v) is 3.90. The Labute approximate surface area is 143 Å².